The maximum Gasteiger partial charge on any atom is 0.263 e. The van der Waals surface area contributed by atoms with E-state index >= 15 is 0 Å². The number of fused-ring (bicyclic) bond motifs is 1. The van der Waals surface area contributed by atoms with Gasteiger partial charge in [0.1, 0.15) is 4.83 Å². The fourth-order valence-corrected chi connectivity index (χ4v) is 5.08. The average Bonchev–Trinajstić information content (AvgIpc) is 3.22. The van der Waals surface area contributed by atoms with Crippen molar-refractivity contribution in [1.29, 1.82) is 0 Å². The van der Waals surface area contributed by atoms with Crippen molar-refractivity contribution in [1.82, 2.24) is 14.9 Å². The minimum absolute atomic E-state index is 0.0604. The fraction of sp³-hybridized carbons (Fsp3) is 0.174. The van der Waals surface area contributed by atoms with Crippen LogP contribution in [0.3, 0.4) is 0 Å². The molecule has 0 aliphatic rings. The minimum atomic E-state index is -0.0861. The van der Waals surface area contributed by atoms with Crippen LogP contribution in [-0.4, -0.2) is 21.2 Å². The van der Waals surface area contributed by atoms with Crippen molar-refractivity contribution >= 4 is 39.2 Å². The van der Waals surface area contributed by atoms with Crippen LogP contribution in [0, 0.1) is 0 Å². The van der Waals surface area contributed by atoms with E-state index in [9.17, 15) is 9.59 Å². The number of benzene rings is 2. The maximum atomic E-state index is 13.2. The number of carbonyl (C=O) groups is 1. The Balaban J connectivity index is 1.54. The predicted octanol–water partition coefficient (Wildman–Crippen LogP) is 4.55. The van der Waals surface area contributed by atoms with Crippen molar-refractivity contribution in [3.8, 4) is 11.1 Å². The molecule has 2 heterocycles. The topological polar surface area (TPSA) is 64.0 Å². The Kier molecular flexibility index (Phi) is 6.30. The third kappa shape index (κ3) is 4.32. The van der Waals surface area contributed by atoms with Gasteiger partial charge >= 0.3 is 0 Å². The predicted molar refractivity (Wildman–Crippen MR) is 124 cm³/mol. The lowest BCUT2D eigenvalue weighted by atomic mass is 10.1. The summed E-state index contributed by atoms with van der Waals surface area (Å²) in [5.41, 5.74) is 2.90. The Bertz CT molecular complexity index is 1220. The second-order valence-electron chi connectivity index (χ2n) is 6.69. The monoisotopic (exact) mass is 435 g/mol. The van der Waals surface area contributed by atoms with Crippen LogP contribution in [0.25, 0.3) is 21.3 Å². The molecule has 4 rings (SSSR count). The zero-order chi connectivity index (χ0) is 20.9. The molecule has 0 atom stereocenters. The van der Waals surface area contributed by atoms with Gasteiger partial charge in [0, 0.05) is 24.0 Å². The summed E-state index contributed by atoms with van der Waals surface area (Å²) in [4.78, 5) is 30.9. The number of aromatic nitrogens is 2. The van der Waals surface area contributed by atoms with E-state index in [0.29, 0.717) is 28.5 Å². The zero-order valence-electron chi connectivity index (χ0n) is 16.5. The first-order valence-electron chi connectivity index (χ1n) is 9.68. The van der Waals surface area contributed by atoms with Gasteiger partial charge in [-0.25, -0.2) is 4.98 Å². The van der Waals surface area contributed by atoms with Gasteiger partial charge in [-0.3, -0.25) is 14.2 Å². The number of rotatable bonds is 7. The van der Waals surface area contributed by atoms with E-state index in [0.717, 1.165) is 16.7 Å². The third-order valence-electron chi connectivity index (χ3n) is 4.72. The maximum absolute atomic E-state index is 13.2. The summed E-state index contributed by atoms with van der Waals surface area (Å²) in [5.74, 6) is 0.124. The van der Waals surface area contributed by atoms with Crippen LogP contribution in [0.4, 0.5) is 0 Å². The molecule has 0 spiro atoms. The lowest BCUT2D eigenvalue weighted by molar-refractivity contribution is -0.118. The molecular formula is C23H21N3O2S2. The molecule has 0 unspecified atom stereocenters. The smallest absolute Gasteiger partial charge is 0.263 e. The molecule has 152 valence electrons. The lowest BCUT2D eigenvalue weighted by Gasteiger charge is -2.11. The molecule has 4 aromatic rings. The Labute approximate surface area is 182 Å². The normalized spacial score (nSPS) is 11.0. The Hall–Kier alpha value is -2.90. The number of thioether (sulfide) groups is 1. The number of carbonyl (C=O) groups excluding carboxylic acids is 1. The number of hydrogen-bond acceptors (Lipinski definition) is 5. The summed E-state index contributed by atoms with van der Waals surface area (Å²) < 4.78 is 1.65. The summed E-state index contributed by atoms with van der Waals surface area (Å²) in [7, 11) is 0. The number of nitrogens with zero attached hydrogens (tertiary/aromatic N) is 2. The first kappa shape index (κ1) is 20.4. The highest BCUT2D eigenvalue weighted by Gasteiger charge is 2.17. The standard InChI is InChI=1S/C23H21N3O2S2/c1-2-26-22(28)20-18(17-11-7-4-8-12-17)14-29-21(20)25-23(26)30-15-19(27)24-13-16-9-5-3-6-10-16/h3-12,14H,2,13,15H2,1H3,(H,24,27). The van der Waals surface area contributed by atoms with E-state index in [1.807, 2.05) is 73.0 Å². The molecule has 30 heavy (non-hydrogen) atoms. The first-order valence-corrected chi connectivity index (χ1v) is 11.5. The van der Waals surface area contributed by atoms with Gasteiger partial charge in [0.25, 0.3) is 5.56 Å². The summed E-state index contributed by atoms with van der Waals surface area (Å²) in [5, 5.41) is 6.11. The SMILES string of the molecule is CCn1c(SCC(=O)NCc2ccccc2)nc2scc(-c3ccccc3)c2c1=O. The molecule has 0 aliphatic heterocycles. The summed E-state index contributed by atoms with van der Waals surface area (Å²) in [6.07, 6.45) is 0. The fourth-order valence-electron chi connectivity index (χ4n) is 3.20. The Morgan fingerprint density at radius 3 is 2.50 bits per heavy atom. The van der Waals surface area contributed by atoms with Crippen LogP contribution in [0.5, 0.6) is 0 Å². The molecular weight excluding hydrogens is 414 g/mol. The molecule has 5 nitrogen and oxygen atoms in total. The van der Waals surface area contributed by atoms with Gasteiger partial charge in [-0.15, -0.1) is 11.3 Å². The summed E-state index contributed by atoms with van der Waals surface area (Å²) >= 11 is 2.76. The highest BCUT2D eigenvalue weighted by atomic mass is 32.2. The van der Waals surface area contributed by atoms with Crippen LogP contribution >= 0.6 is 23.1 Å². The minimum Gasteiger partial charge on any atom is -0.351 e. The van der Waals surface area contributed by atoms with Gasteiger partial charge in [-0.2, -0.15) is 0 Å². The van der Waals surface area contributed by atoms with Crippen molar-refractivity contribution in [3.05, 3.63) is 82.0 Å². The molecule has 2 aromatic carbocycles. The zero-order valence-corrected chi connectivity index (χ0v) is 18.1. The second kappa shape index (κ2) is 9.28. The Morgan fingerprint density at radius 1 is 1.10 bits per heavy atom. The number of hydrogen-bond donors (Lipinski definition) is 1. The molecule has 0 radical (unpaired) electrons. The van der Waals surface area contributed by atoms with Crippen LogP contribution in [0.15, 0.2) is 76.0 Å². The largest absolute Gasteiger partial charge is 0.351 e. The third-order valence-corrected chi connectivity index (χ3v) is 6.57. The van der Waals surface area contributed by atoms with Crippen LogP contribution in [0.2, 0.25) is 0 Å². The van der Waals surface area contributed by atoms with Crippen molar-refractivity contribution in [3.63, 3.8) is 0 Å². The van der Waals surface area contributed by atoms with E-state index < -0.39 is 0 Å². The van der Waals surface area contributed by atoms with E-state index in [-0.39, 0.29) is 17.2 Å². The summed E-state index contributed by atoms with van der Waals surface area (Å²) in [6.45, 7) is 2.90. The molecule has 0 bridgehead atoms. The second-order valence-corrected chi connectivity index (χ2v) is 8.49. The molecule has 0 fully saturated rings. The van der Waals surface area contributed by atoms with E-state index in [1.54, 1.807) is 4.57 Å². The van der Waals surface area contributed by atoms with Gasteiger partial charge < -0.3 is 5.32 Å². The van der Waals surface area contributed by atoms with Gasteiger partial charge in [0.05, 0.1) is 11.1 Å². The number of amides is 1. The first-order chi connectivity index (χ1) is 14.7. The average molecular weight is 436 g/mol. The van der Waals surface area contributed by atoms with Gasteiger partial charge in [0.15, 0.2) is 5.16 Å². The van der Waals surface area contributed by atoms with E-state index in [4.69, 9.17) is 4.98 Å². The molecule has 0 saturated carbocycles. The molecule has 7 heteroatoms. The van der Waals surface area contributed by atoms with Crippen molar-refractivity contribution in [2.24, 2.45) is 0 Å². The molecule has 2 aromatic heterocycles. The van der Waals surface area contributed by atoms with Crippen LogP contribution in [-0.2, 0) is 17.9 Å². The van der Waals surface area contributed by atoms with Crippen molar-refractivity contribution in [2.75, 3.05) is 5.75 Å². The lowest BCUT2D eigenvalue weighted by Crippen LogP contribution is -2.26. The molecule has 1 N–H and O–H groups in total. The quantitative estimate of drug-likeness (QED) is 0.342. The van der Waals surface area contributed by atoms with E-state index in [1.165, 1.54) is 23.1 Å². The highest BCUT2D eigenvalue weighted by Crippen LogP contribution is 2.32. The highest BCUT2D eigenvalue weighted by molar-refractivity contribution is 7.99. The molecule has 0 aliphatic carbocycles. The van der Waals surface area contributed by atoms with Crippen molar-refractivity contribution < 1.29 is 4.79 Å². The van der Waals surface area contributed by atoms with Crippen LogP contribution in [0.1, 0.15) is 12.5 Å². The van der Waals surface area contributed by atoms with E-state index in [2.05, 4.69) is 5.32 Å². The van der Waals surface area contributed by atoms with Crippen molar-refractivity contribution in [2.45, 2.75) is 25.2 Å². The molecule has 1 amide bonds. The van der Waals surface area contributed by atoms with Crippen LogP contribution < -0.4 is 10.9 Å². The van der Waals surface area contributed by atoms with Gasteiger partial charge in [-0.05, 0) is 18.1 Å². The Morgan fingerprint density at radius 2 is 1.80 bits per heavy atom. The van der Waals surface area contributed by atoms with Gasteiger partial charge in [-0.1, -0.05) is 72.4 Å². The number of nitrogens with one attached hydrogen (secondary N) is 1. The summed E-state index contributed by atoms with van der Waals surface area (Å²) in [6, 6.07) is 19.6. The van der Waals surface area contributed by atoms with Gasteiger partial charge in [0.2, 0.25) is 5.91 Å². The number of thiophene rings is 1. The molecule has 0 saturated heterocycles.